The molecule has 0 unspecified atom stereocenters. The molecule has 4 heteroatoms. The van der Waals surface area contributed by atoms with Crippen LogP contribution in [0.4, 0.5) is 4.79 Å². The summed E-state index contributed by atoms with van der Waals surface area (Å²) < 4.78 is 0. The third-order valence-corrected chi connectivity index (χ3v) is 8.03. The Morgan fingerprint density at radius 3 is 2.00 bits per heavy atom. The molecule has 0 aromatic carbocycles. The number of piperidine rings is 1. The monoisotopic (exact) mass is 345 g/mol. The van der Waals surface area contributed by atoms with Crippen LogP contribution in [-0.2, 0) is 0 Å². The minimum absolute atomic E-state index is 0.165. The van der Waals surface area contributed by atoms with Crippen molar-refractivity contribution in [3.63, 3.8) is 0 Å². The number of carbonyl (C=O) groups is 1. The van der Waals surface area contributed by atoms with Gasteiger partial charge < -0.3 is 15.1 Å². The molecule has 6 aliphatic rings. The van der Waals surface area contributed by atoms with E-state index in [1.54, 1.807) is 0 Å². The van der Waals surface area contributed by atoms with Gasteiger partial charge in [0.25, 0.3) is 0 Å². The molecule has 2 amide bonds. The summed E-state index contributed by atoms with van der Waals surface area (Å²) in [4.78, 5) is 17.7. The summed E-state index contributed by atoms with van der Waals surface area (Å²) in [6, 6.07) is 0.251. The second-order valence-electron chi connectivity index (χ2n) is 10.1. The summed E-state index contributed by atoms with van der Waals surface area (Å²) in [5, 5.41) is 3.56. The largest absolute Gasteiger partial charge is 0.333 e. The molecule has 2 saturated heterocycles. The van der Waals surface area contributed by atoms with Crippen molar-refractivity contribution >= 4 is 6.03 Å². The van der Waals surface area contributed by atoms with E-state index in [-0.39, 0.29) is 11.6 Å². The maximum Gasteiger partial charge on any atom is 0.317 e. The Morgan fingerprint density at radius 2 is 1.44 bits per heavy atom. The van der Waals surface area contributed by atoms with E-state index in [4.69, 9.17) is 0 Å². The molecule has 0 spiro atoms. The zero-order valence-corrected chi connectivity index (χ0v) is 15.7. The van der Waals surface area contributed by atoms with Crippen molar-refractivity contribution in [3.8, 4) is 0 Å². The molecule has 0 atom stereocenters. The number of carbonyl (C=O) groups excluding carboxylic acids is 1. The van der Waals surface area contributed by atoms with Crippen molar-refractivity contribution in [2.75, 3.05) is 32.7 Å². The fourth-order valence-electron chi connectivity index (χ4n) is 7.22. The van der Waals surface area contributed by atoms with Gasteiger partial charge in [-0.1, -0.05) is 0 Å². The Morgan fingerprint density at radius 1 is 0.880 bits per heavy atom. The van der Waals surface area contributed by atoms with Gasteiger partial charge in [0.15, 0.2) is 0 Å². The predicted octanol–water partition coefficient (Wildman–Crippen LogP) is 3.47. The second-order valence-corrected chi connectivity index (χ2v) is 10.1. The first-order valence-electron chi connectivity index (χ1n) is 11.0. The van der Waals surface area contributed by atoms with Crippen molar-refractivity contribution in [3.05, 3.63) is 0 Å². The van der Waals surface area contributed by atoms with Crippen LogP contribution in [0.3, 0.4) is 0 Å². The van der Waals surface area contributed by atoms with E-state index in [1.165, 1.54) is 83.8 Å². The summed E-state index contributed by atoms with van der Waals surface area (Å²) in [5.41, 5.74) is 0.165. The molecule has 0 aromatic rings. The van der Waals surface area contributed by atoms with Gasteiger partial charge in [0.1, 0.15) is 0 Å². The van der Waals surface area contributed by atoms with Crippen LogP contribution in [-0.4, -0.2) is 54.1 Å². The molecule has 6 rings (SSSR count). The number of hydrogen-bond acceptors (Lipinski definition) is 2. The van der Waals surface area contributed by atoms with Gasteiger partial charge in [0.05, 0.1) is 0 Å². The summed E-state index contributed by atoms with van der Waals surface area (Å²) in [6.07, 6.45) is 13.3. The molecule has 4 aliphatic carbocycles. The van der Waals surface area contributed by atoms with Gasteiger partial charge >= 0.3 is 6.03 Å². The highest BCUT2D eigenvalue weighted by Gasteiger charge is 2.51. The lowest BCUT2D eigenvalue weighted by Gasteiger charge is -2.57. The van der Waals surface area contributed by atoms with Crippen LogP contribution in [0.5, 0.6) is 0 Å². The zero-order valence-electron chi connectivity index (χ0n) is 15.7. The Balaban J connectivity index is 1.13. The highest BCUT2D eigenvalue weighted by Crippen LogP contribution is 2.55. The molecule has 2 heterocycles. The van der Waals surface area contributed by atoms with Gasteiger partial charge in [-0.3, -0.25) is 0 Å². The standard InChI is InChI=1S/C21H35N3O/c25-20(22-21-12-17-9-18(13-21)11-19(10-17)14-21)24-7-3-16(4-8-24)15-23-5-1-2-6-23/h16-19H,1-15H2,(H,22,25). The van der Waals surface area contributed by atoms with Crippen LogP contribution in [0, 0.1) is 23.7 Å². The number of rotatable bonds is 3. The van der Waals surface area contributed by atoms with E-state index in [0.717, 1.165) is 36.8 Å². The average molecular weight is 346 g/mol. The minimum Gasteiger partial charge on any atom is -0.333 e. The Bertz CT molecular complexity index is 470. The summed E-state index contributed by atoms with van der Waals surface area (Å²) in [5.74, 6) is 3.51. The molecule has 6 fully saturated rings. The van der Waals surface area contributed by atoms with Gasteiger partial charge in [0.2, 0.25) is 0 Å². The molecule has 0 radical (unpaired) electrons. The number of nitrogens with one attached hydrogen (secondary N) is 1. The average Bonchev–Trinajstić information content (AvgIpc) is 3.06. The molecule has 1 N–H and O–H groups in total. The molecule has 140 valence electrons. The Hall–Kier alpha value is -0.770. The second kappa shape index (κ2) is 6.44. The van der Waals surface area contributed by atoms with E-state index < -0.39 is 0 Å². The van der Waals surface area contributed by atoms with Gasteiger partial charge in [-0.2, -0.15) is 0 Å². The molecule has 2 aliphatic heterocycles. The molecule has 4 bridgehead atoms. The topological polar surface area (TPSA) is 35.6 Å². The van der Waals surface area contributed by atoms with Crippen molar-refractivity contribution in [2.45, 2.75) is 69.7 Å². The van der Waals surface area contributed by atoms with Gasteiger partial charge in [-0.15, -0.1) is 0 Å². The number of amides is 2. The molecular formula is C21H35N3O. The molecular weight excluding hydrogens is 310 g/mol. The lowest BCUT2D eigenvalue weighted by atomic mass is 9.53. The third-order valence-electron chi connectivity index (χ3n) is 8.03. The van der Waals surface area contributed by atoms with E-state index in [2.05, 4.69) is 15.1 Å². The van der Waals surface area contributed by atoms with Crippen LogP contribution in [0.2, 0.25) is 0 Å². The van der Waals surface area contributed by atoms with Crippen LogP contribution in [0.1, 0.15) is 64.2 Å². The number of nitrogens with zero attached hydrogens (tertiary/aromatic N) is 2. The van der Waals surface area contributed by atoms with E-state index in [0.29, 0.717) is 0 Å². The van der Waals surface area contributed by atoms with Crippen LogP contribution < -0.4 is 5.32 Å². The first-order valence-corrected chi connectivity index (χ1v) is 11.0. The number of hydrogen-bond donors (Lipinski definition) is 1. The third kappa shape index (κ3) is 3.31. The Labute approximate surface area is 152 Å². The number of urea groups is 1. The van der Waals surface area contributed by atoms with Crippen LogP contribution >= 0.6 is 0 Å². The quantitative estimate of drug-likeness (QED) is 0.850. The molecule has 4 saturated carbocycles. The summed E-state index contributed by atoms with van der Waals surface area (Å²) >= 11 is 0. The van der Waals surface area contributed by atoms with Gasteiger partial charge in [-0.05, 0) is 101 Å². The summed E-state index contributed by atoms with van der Waals surface area (Å²) in [6.45, 7) is 5.80. The van der Waals surface area contributed by atoms with E-state index in [1.807, 2.05) is 0 Å². The predicted molar refractivity (Wildman–Crippen MR) is 99.4 cm³/mol. The SMILES string of the molecule is O=C(NC12CC3CC(CC(C3)C1)C2)N1CCC(CN2CCCC2)CC1. The number of likely N-dealkylation sites (tertiary alicyclic amines) is 2. The zero-order chi connectivity index (χ0) is 16.9. The van der Waals surface area contributed by atoms with Gasteiger partial charge in [0, 0.05) is 25.2 Å². The lowest BCUT2D eigenvalue weighted by Crippen LogP contribution is -2.62. The van der Waals surface area contributed by atoms with E-state index >= 15 is 0 Å². The lowest BCUT2D eigenvalue weighted by molar-refractivity contribution is -0.0162. The first-order chi connectivity index (χ1) is 12.2. The maximum absolute atomic E-state index is 12.9. The molecule has 25 heavy (non-hydrogen) atoms. The normalized spacial score (nSPS) is 41.4. The smallest absolute Gasteiger partial charge is 0.317 e. The van der Waals surface area contributed by atoms with Crippen LogP contribution in [0.15, 0.2) is 0 Å². The summed E-state index contributed by atoms with van der Waals surface area (Å²) in [7, 11) is 0. The maximum atomic E-state index is 12.9. The highest BCUT2D eigenvalue weighted by molar-refractivity contribution is 5.75. The van der Waals surface area contributed by atoms with Gasteiger partial charge in [-0.25, -0.2) is 4.79 Å². The molecule has 4 nitrogen and oxygen atoms in total. The van der Waals surface area contributed by atoms with Crippen LogP contribution in [0.25, 0.3) is 0 Å². The van der Waals surface area contributed by atoms with Crippen molar-refractivity contribution in [1.29, 1.82) is 0 Å². The van der Waals surface area contributed by atoms with Crippen molar-refractivity contribution in [2.24, 2.45) is 23.7 Å². The highest BCUT2D eigenvalue weighted by atomic mass is 16.2. The first kappa shape index (κ1) is 16.4. The minimum atomic E-state index is 0.165. The van der Waals surface area contributed by atoms with Crippen molar-refractivity contribution in [1.82, 2.24) is 15.1 Å². The Kier molecular flexibility index (Phi) is 4.22. The fraction of sp³-hybridized carbons (Fsp3) is 0.952. The molecule has 0 aromatic heterocycles. The fourth-order valence-corrected chi connectivity index (χ4v) is 7.22. The van der Waals surface area contributed by atoms with Crippen molar-refractivity contribution < 1.29 is 4.79 Å². The van der Waals surface area contributed by atoms with E-state index in [9.17, 15) is 4.79 Å².